The standard InChI is InChI=1S/C31H52F2O2/c1-4-5-6-7-9-12-15-25(2)16-13-10-8-11-14-23-34-28-21-22-29(31(33)30(28)32)35-24-27-19-17-26(3)18-20-27/h21-22,25-27H,4-20,23-24H2,1-3H3. The minimum absolute atomic E-state index is 0.000747. The van der Waals surface area contributed by atoms with Crippen LogP contribution in [-0.2, 0) is 0 Å². The molecule has 2 rings (SSSR count). The molecule has 1 aliphatic rings. The summed E-state index contributed by atoms with van der Waals surface area (Å²) >= 11 is 0. The van der Waals surface area contributed by atoms with Crippen molar-refractivity contribution in [2.24, 2.45) is 17.8 Å². The van der Waals surface area contributed by atoms with E-state index in [1.165, 1.54) is 95.6 Å². The molecule has 0 N–H and O–H groups in total. The summed E-state index contributed by atoms with van der Waals surface area (Å²) in [6.07, 6.45) is 21.2. The van der Waals surface area contributed by atoms with Crippen molar-refractivity contribution in [1.82, 2.24) is 0 Å². The third kappa shape index (κ3) is 12.5. The van der Waals surface area contributed by atoms with Gasteiger partial charge in [-0.15, -0.1) is 0 Å². The molecule has 1 saturated carbocycles. The number of hydrogen-bond acceptors (Lipinski definition) is 2. The van der Waals surface area contributed by atoms with Gasteiger partial charge in [0.15, 0.2) is 11.5 Å². The van der Waals surface area contributed by atoms with Gasteiger partial charge in [0.2, 0.25) is 11.6 Å². The van der Waals surface area contributed by atoms with E-state index < -0.39 is 11.6 Å². The summed E-state index contributed by atoms with van der Waals surface area (Å²) in [5, 5.41) is 0. The zero-order valence-electron chi connectivity index (χ0n) is 22.9. The van der Waals surface area contributed by atoms with Crippen molar-refractivity contribution in [3.8, 4) is 11.5 Å². The zero-order chi connectivity index (χ0) is 25.3. The maximum Gasteiger partial charge on any atom is 0.204 e. The smallest absolute Gasteiger partial charge is 0.204 e. The summed E-state index contributed by atoms with van der Waals surface area (Å²) in [5.41, 5.74) is 0. The lowest BCUT2D eigenvalue weighted by molar-refractivity contribution is 0.181. The van der Waals surface area contributed by atoms with E-state index in [0.29, 0.717) is 19.1 Å². The normalized spacial score (nSPS) is 19.0. The predicted octanol–water partition coefficient (Wildman–Crippen LogP) is 10.3. The Morgan fingerprint density at radius 3 is 1.86 bits per heavy atom. The molecule has 0 aromatic heterocycles. The van der Waals surface area contributed by atoms with Gasteiger partial charge in [0.05, 0.1) is 13.2 Å². The second-order valence-corrected chi connectivity index (χ2v) is 11.2. The first-order valence-electron chi connectivity index (χ1n) is 14.7. The number of halogens is 2. The minimum atomic E-state index is -0.931. The van der Waals surface area contributed by atoms with Crippen LogP contribution in [0.5, 0.6) is 11.5 Å². The molecule has 35 heavy (non-hydrogen) atoms. The maximum atomic E-state index is 14.4. The summed E-state index contributed by atoms with van der Waals surface area (Å²) in [6.45, 7) is 7.81. The van der Waals surface area contributed by atoms with Crippen LogP contribution in [0.4, 0.5) is 8.78 Å². The van der Waals surface area contributed by atoms with Crippen molar-refractivity contribution >= 4 is 0 Å². The molecular weight excluding hydrogens is 442 g/mol. The second-order valence-electron chi connectivity index (χ2n) is 11.2. The maximum absolute atomic E-state index is 14.4. The van der Waals surface area contributed by atoms with E-state index in [2.05, 4.69) is 20.8 Å². The Labute approximate surface area is 214 Å². The molecule has 1 aliphatic carbocycles. The lowest BCUT2D eigenvalue weighted by atomic mass is 9.83. The van der Waals surface area contributed by atoms with E-state index in [1.54, 1.807) is 0 Å². The van der Waals surface area contributed by atoms with Crippen LogP contribution in [-0.4, -0.2) is 13.2 Å². The highest BCUT2D eigenvalue weighted by atomic mass is 19.2. The molecule has 1 aromatic carbocycles. The van der Waals surface area contributed by atoms with Gasteiger partial charge in [-0.1, -0.05) is 111 Å². The van der Waals surface area contributed by atoms with Crippen molar-refractivity contribution in [3.05, 3.63) is 23.8 Å². The third-order valence-electron chi connectivity index (χ3n) is 7.77. The fourth-order valence-corrected chi connectivity index (χ4v) is 5.17. The Morgan fingerprint density at radius 2 is 1.26 bits per heavy atom. The van der Waals surface area contributed by atoms with Gasteiger partial charge in [-0.05, 0) is 49.1 Å². The highest BCUT2D eigenvalue weighted by molar-refractivity contribution is 5.35. The molecule has 0 amide bonds. The summed E-state index contributed by atoms with van der Waals surface area (Å²) < 4.78 is 40.0. The van der Waals surface area contributed by atoms with Gasteiger partial charge in [0.1, 0.15) is 0 Å². The van der Waals surface area contributed by atoms with Gasteiger partial charge in [0.25, 0.3) is 0 Å². The van der Waals surface area contributed by atoms with E-state index >= 15 is 0 Å². The predicted molar refractivity (Wildman–Crippen MR) is 143 cm³/mol. The molecular formula is C31H52F2O2. The SMILES string of the molecule is CCCCCCCCC(C)CCCCCCCOc1ccc(OCC2CCC(C)CC2)c(F)c1F. The Balaban J connectivity index is 1.51. The van der Waals surface area contributed by atoms with E-state index in [1.807, 2.05) is 0 Å². The second kappa shape index (κ2) is 18.0. The van der Waals surface area contributed by atoms with Crippen molar-refractivity contribution in [2.75, 3.05) is 13.2 Å². The number of ether oxygens (including phenoxy) is 2. The molecule has 0 aliphatic heterocycles. The Bertz CT molecular complexity index is 670. The average molecular weight is 495 g/mol. The van der Waals surface area contributed by atoms with Crippen LogP contribution in [0.3, 0.4) is 0 Å². The number of rotatable bonds is 19. The molecule has 0 radical (unpaired) electrons. The van der Waals surface area contributed by atoms with Crippen LogP contribution in [0.1, 0.15) is 130 Å². The zero-order valence-corrected chi connectivity index (χ0v) is 22.9. The van der Waals surface area contributed by atoms with Crippen LogP contribution in [0.25, 0.3) is 0 Å². The Hall–Kier alpha value is -1.32. The highest BCUT2D eigenvalue weighted by Crippen LogP contribution is 2.31. The quantitative estimate of drug-likeness (QED) is 0.178. The molecule has 1 atom stereocenters. The van der Waals surface area contributed by atoms with Crippen LogP contribution < -0.4 is 9.47 Å². The van der Waals surface area contributed by atoms with Crippen molar-refractivity contribution in [1.29, 1.82) is 0 Å². The highest BCUT2D eigenvalue weighted by Gasteiger charge is 2.21. The topological polar surface area (TPSA) is 18.5 Å². The summed E-state index contributed by atoms with van der Waals surface area (Å²) in [5.74, 6) is 0.166. The van der Waals surface area contributed by atoms with Crippen LogP contribution in [0, 0.1) is 29.4 Å². The van der Waals surface area contributed by atoms with E-state index in [0.717, 1.165) is 37.5 Å². The monoisotopic (exact) mass is 494 g/mol. The average Bonchev–Trinajstić information content (AvgIpc) is 2.86. The fraction of sp³-hybridized carbons (Fsp3) is 0.806. The van der Waals surface area contributed by atoms with Gasteiger partial charge in [-0.3, -0.25) is 0 Å². The molecule has 1 aromatic rings. The summed E-state index contributed by atoms with van der Waals surface area (Å²) in [7, 11) is 0. The number of benzene rings is 1. The van der Waals surface area contributed by atoms with Crippen molar-refractivity contribution in [2.45, 2.75) is 130 Å². The number of unbranched alkanes of at least 4 members (excludes halogenated alkanes) is 9. The largest absolute Gasteiger partial charge is 0.490 e. The lowest BCUT2D eigenvalue weighted by Gasteiger charge is -2.26. The van der Waals surface area contributed by atoms with E-state index in [4.69, 9.17) is 9.47 Å². The number of hydrogen-bond donors (Lipinski definition) is 0. The Kier molecular flexibility index (Phi) is 15.4. The summed E-state index contributed by atoms with van der Waals surface area (Å²) in [6, 6.07) is 3.01. The summed E-state index contributed by atoms with van der Waals surface area (Å²) in [4.78, 5) is 0. The fourth-order valence-electron chi connectivity index (χ4n) is 5.17. The molecule has 4 heteroatoms. The van der Waals surface area contributed by atoms with Crippen molar-refractivity contribution in [3.63, 3.8) is 0 Å². The molecule has 0 bridgehead atoms. The minimum Gasteiger partial charge on any atom is -0.490 e. The molecule has 1 unspecified atom stereocenters. The first-order chi connectivity index (χ1) is 17.0. The third-order valence-corrected chi connectivity index (χ3v) is 7.77. The Morgan fingerprint density at radius 1 is 0.743 bits per heavy atom. The van der Waals surface area contributed by atoms with E-state index in [9.17, 15) is 8.78 Å². The van der Waals surface area contributed by atoms with Gasteiger partial charge in [-0.25, -0.2) is 0 Å². The molecule has 0 heterocycles. The molecule has 0 saturated heterocycles. The van der Waals surface area contributed by atoms with E-state index in [-0.39, 0.29) is 11.5 Å². The first-order valence-corrected chi connectivity index (χ1v) is 14.7. The van der Waals surface area contributed by atoms with Crippen LogP contribution in [0.2, 0.25) is 0 Å². The first kappa shape index (κ1) is 29.9. The van der Waals surface area contributed by atoms with Crippen molar-refractivity contribution < 1.29 is 18.3 Å². The van der Waals surface area contributed by atoms with Gasteiger partial charge in [0, 0.05) is 0 Å². The molecule has 202 valence electrons. The lowest BCUT2D eigenvalue weighted by Crippen LogP contribution is -2.19. The van der Waals surface area contributed by atoms with Gasteiger partial charge < -0.3 is 9.47 Å². The van der Waals surface area contributed by atoms with Gasteiger partial charge >= 0.3 is 0 Å². The van der Waals surface area contributed by atoms with Crippen LogP contribution >= 0.6 is 0 Å². The molecule has 2 nitrogen and oxygen atoms in total. The molecule has 1 fully saturated rings. The van der Waals surface area contributed by atoms with Crippen LogP contribution in [0.15, 0.2) is 12.1 Å². The molecule has 0 spiro atoms. The van der Waals surface area contributed by atoms with Gasteiger partial charge in [-0.2, -0.15) is 8.78 Å².